The molecule has 0 aromatic heterocycles. The molecule has 0 amide bonds. The Bertz CT molecular complexity index is 1310. The number of unbranched alkanes of at least 4 members (excludes halogenated alkanes) is 43. The van der Waals surface area contributed by atoms with Gasteiger partial charge in [0.1, 0.15) is 13.2 Å². The molecule has 76 heavy (non-hydrogen) atoms. The smallest absolute Gasteiger partial charge is 0.306 e. The largest absolute Gasteiger partial charge is 0.462 e. The van der Waals surface area contributed by atoms with Crippen molar-refractivity contribution in [3.63, 3.8) is 0 Å². The van der Waals surface area contributed by atoms with Gasteiger partial charge < -0.3 is 14.2 Å². The zero-order valence-corrected chi connectivity index (χ0v) is 51.0. The van der Waals surface area contributed by atoms with Crippen LogP contribution >= 0.6 is 0 Å². The molecule has 444 valence electrons. The van der Waals surface area contributed by atoms with E-state index in [1.54, 1.807) is 0 Å². The number of ether oxygens (including phenoxy) is 3. The fourth-order valence-electron chi connectivity index (χ4n) is 9.92. The minimum atomic E-state index is -0.782. The SMILES string of the molecule is CCCC/C=C\CCCCCCCC(=O)OCC(COC(=O)CCCCCCCCCCCCCCCCCCCCC/C=C\CCCCCCCCCC)OC(=O)CCCCCCC/C=C\C/C=C\CCCCCC. The predicted octanol–water partition coefficient (Wildman–Crippen LogP) is 22.9. The first-order valence-corrected chi connectivity index (χ1v) is 33.6. The molecule has 0 saturated carbocycles. The molecule has 6 heteroatoms. The van der Waals surface area contributed by atoms with Crippen LogP contribution in [0, 0.1) is 0 Å². The maximum atomic E-state index is 12.9. The Hall–Kier alpha value is -2.63. The average Bonchev–Trinajstić information content (AvgIpc) is 3.42. The van der Waals surface area contributed by atoms with Crippen LogP contribution < -0.4 is 0 Å². The van der Waals surface area contributed by atoms with E-state index in [0.29, 0.717) is 19.3 Å². The van der Waals surface area contributed by atoms with E-state index in [9.17, 15) is 14.4 Å². The summed E-state index contributed by atoms with van der Waals surface area (Å²) in [6.07, 6.45) is 81.5. The van der Waals surface area contributed by atoms with Crippen LogP contribution in [0.1, 0.15) is 361 Å². The highest BCUT2D eigenvalue weighted by molar-refractivity contribution is 5.71. The summed E-state index contributed by atoms with van der Waals surface area (Å²) in [6.45, 7) is 6.61. The lowest BCUT2D eigenvalue weighted by molar-refractivity contribution is -0.167. The molecule has 0 N–H and O–H groups in total. The molecule has 0 rings (SSSR count). The standard InChI is InChI=1S/C70H128O6/c1-4-7-10-13-16-19-22-24-26-28-29-30-31-32-33-34-35-36-37-38-39-40-41-42-44-45-48-51-54-57-60-63-69(72)75-66-67(65-74-68(71)62-59-56-53-50-47-21-18-15-12-9-6-3)76-70(73)64-61-58-55-52-49-46-43-27-25-23-20-17-14-11-8-5-2/h15,18,20,23,27-29,43,67H,4-14,16-17,19,21-22,24-26,30-42,44-66H2,1-3H3/b18-15-,23-20-,29-28-,43-27-. The molecule has 0 saturated heterocycles. The summed E-state index contributed by atoms with van der Waals surface area (Å²) >= 11 is 0. The highest BCUT2D eigenvalue weighted by Gasteiger charge is 2.19. The lowest BCUT2D eigenvalue weighted by Gasteiger charge is -2.18. The van der Waals surface area contributed by atoms with Crippen molar-refractivity contribution in [2.24, 2.45) is 0 Å². The summed E-state index contributed by atoms with van der Waals surface area (Å²) in [7, 11) is 0. The third-order valence-corrected chi connectivity index (χ3v) is 15.0. The molecule has 0 radical (unpaired) electrons. The summed E-state index contributed by atoms with van der Waals surface area (Å²) in [4.78, 5) is 38.2. The van der Waals surface area contributed by atoms with Crippen molar-refractivity contribution < 1.29 is 28.6 Å². The van der Waals surface area contributed by atoms with Gasteiger partial charge in [-0.05, 0) is 96.3 Å². The third kappa shape index (κ3) is 62.2. The topological polar surface area (TPSA) is 78.9 Å². The quantitative estimate of drug-likeness (QED) is 0.0261. The molecule has 0 fully saturated rings. The second kappa shape index (κ2) is 64.9. The second-order valence-corrected chi connectivity index (χ2v) is 22.7. The Morgan fingerprint density at radius 1 is 0.263 bits per heavy atom. The number of rotatable bonds is 62. The van der Waals surface area contributed by atoms with Crippen molar-refractivity contribution in [1.82, 2.24) is 0 Å². The van der Waals surface area contributed by atoms with E-state index in [2.05, 4.69) is 69.4 Å². The van der Waals surface area contributed by atoms with E-state index in [4.69, 9.17) is 14.2 Å². The van der Waals surface area contributed by atoms with Crippen LogP contribution in [0.5, 0.6) is 0 Å². The van der Waals surface area contributed by atoms with E-state index in [1.807, 2.05) is 0 Å². The maximum absolute atomic E-state index is 12.9. The molecule has 1 unspecified atom stereocenters. The second-order valence-electron chi connectivity index (χ2n) is 22.7. The Morgan fingerprint density at radius 2 is 0.487 bits per heavy atom. The van der Waals surface area contributed by atoms with Gasteiger partial charge in [0.25, 0.3) is 0 Å². The Labute approximate surface area is 473 Å². The minimum Gasteiger partial charge on any atom is -0.462 e. The van der Waals surface area contributed by atoms with Crippen molar-refractivity contribution >= 4 is 17.9 Å². The van der Waals surface area contributed by atoms with Crippen LogP contribution in [0.2, 0.25) is 0 Å². The first-order valence-electron chi connectivity index (χ1n) is 33.6. The molecular weight excluding hydrogens is 937 g/mol. The van der Waals surface area contributed by atoms with Crippen molar-refractivity contribution in [3.05, 3.63) is 48.6 Å². The molecule has 6 nitrogen and oxygen atoms in total. The third-order valence-electron chi connectivity index (χ3n) is 15.0. The molecule has 0 spiro atoms. The van der Waals surface area contributed by atoms with E-state index < -0.39 is 6.10 Å². The van der Waals surface area contributed by atoms with E-state index in [1.165, 1.54) is 231 Å². The monoisotopic (exact) mass is 1060 g/mol. The summed E-state index contributed by atoms with van der Waals surface area (Å²) < 4.78 is 16.9. The van der Waals surface area contributed by atoms with Crippen molar-refractivity contribution in [2.45, 2.75) is 367 Å². The molecule has 1 atom stereocenters. The molecule has 0 aliphatic carbocycles. The van der Waals surface area contributed by atoms with Gasteiger partial charge in [-0.15, -0.1) is 0 Å². The first-order chi connectivity index (χ1) is 37.5. The zero-order chi connectivity index (χ0) is 55.0. The van der Waals surface area contributed by atoms with Crippen molar-refractivity contribution in [2.75, 3.05) is 13.2 Å². The van der Waals surface area contributed by atoms with Crippen LogP contribution in [0.25, 0.3) is 0 Å². The summed E-state index contributed by atoms with van der Waals surface area (Å²) in [5, 5.41) is 0. The maximum Gasteiger partial charge on any atom is 0.306 e. The van der Waals surface area contributed by atoms with Gasteiger partial charge in [-0.3, -0.25) is 14.4 Å². The normalized spacial score (nSPS) is 12.3. The van der Waals surface area contributed by atoms with Gasteiger partial charge in [0, 0.05) is 19.3 Å². The van der Waals surface area contributed by atoms with E-state index >= 15 is 0 Å². The van der Waals surface area contributed by atoms with Crippen LogP contribution in [0.3, 0.4) is 0 Å². The van der Waals surface area contributed by atoms with Gasteiger partial charge in [-0.1, -0.05) is 294 Å². The number of hydrogen-bond donors (Lipinski definition) is 0. The van der Waals surface area contributed by atoms with Crippen molar-refractivity contribution in [1.29, 1.82) is 0 Å². The van der Waals surface area contributed by atoms with Crippen LogP contribution in [-0.4, -0.2) is 37.2 Å². The molecule has 0 aliphatic rings. The number of hydrogen-bond acceptors (Lipinski definition) is 6. The summed E-state index contributed by atoms with van der Waals surface area (Å²) in [6, 6.07) is 0. The van der Waals surface area contributed by atoms with Gasteiger partial charge in [0.2, 0.25) is 0 Å². The number of esters is 3. The molecule has 0 aliphatic heterocycles. The number of allylic oxidation sites excluding steroid dienone is 8. The lowest BCUT2D eigenvalue weighted by atomic mass is 10.0. The van der Waals surface area contributed by atoms with Gasteiger partial charge in [-0.2, -0.15) is 0 Å². The van der Waals surface area contributed by atoms with Crippen molar-refractivity contribution in [3.8, 4) is 0 Å². The lowest BCUT2D eigenvalue weighted by Crippen LogP contribution is -2.30. The highest BCUT2D eigenvalue weighted by atomic mass is 16.6. The van der Waals surface area contributed by atoms with Gasteiger partial charge >= 0.3 is 17.9 Å². The number of carbonyl (C=O) groups excluding carboxylic acids is 3. The summed E-state index contributed by atoms with van der Waals surface area (Å²) in [5.41, 5.74) is 0. The Morgan fingerprint density at radius 3 is 0.789 bits per heavy atom. The van der Waals surface area contributed by atoms with E-state index in [-0.39, 0.29) is 31.1 Å². The zero-order valence-electron chi connectivity index (χ0n) is 51.0. The highest BCUT2D eigenvalue weighted by Crippen LogP contribution is 2.17. The summed E-state index contributed by atoms with van der Waals surface area (Å²) in [5.74, 6) is -0.884. The average molecular weight is 1070 g/mol. The molecule has 0 aromatic carbocycles. The van der Waals surface area contributed by atoms with Gasteiger partial charge in [-0.25, -0.2) is 0 Å². The van der Waals surface area contributed by atoms with Crippen LogP contribution in [0.4, 0.5) is 0 Å². The fraction of sp³-hybridized carbons (Fsp3) is 0.843. The van der Waals surface area contributed by atoms with Crippen LogP contribution in [0.15, 0.2) is 48.6 Å². The van der Waals surface area contributed by atoms with E-state index in [0.717, 1.165) is 89.9 Å². The minimum absolute atomic E-state index is 0.0783. The molecule has 0 heterocycles. The van der Waals surface area contributed by atoms with Gasteiger partial charge in [0.05, 0.1) is 0 Å². The molecule has 0 aromatic rings. The van der Waals surface area contributed by atoms with Gasteiger partial charge in [0.15, 0.2) is 6.10 Å². The Balaban J connectivity index is 4.11. The molecule has 0 bridgehead atoms. The molecular formula is C70H128O6. The number of carbonyl (C=O) groups is 3. The fourth-order valence-corrected chi connectivity index (χ4v) is 9.92. The Kier molecular flexibility index (Phi) is 62.6. The predicted molar refractivity (Wildman–Crippen MR) is 330 cm³/mol. The van der Waals surface area contributed by atoms with Crippen LogP contribution in [-0.2, 0) is 28.6 Å². The first kappa shape index (κ1) is 73.4.